The highest BCUT2D eigenvalue weighted by Crippen LogP contribution is 2.32. The van der Waals surface area contributed by atoms with Gasteiger partial charge < -0.3 is 15.4 Å². The third-order valence-corrected chi connectivity index (χ3v) is 3.30. The molecule has 0 unspecified atom stereocenters. The van der Waals surface area contributed by atoms with Crippen molar-refractivity contribution < 1.29 is 19.5 Å². The summed E-state index contributed by atoms with van der Waals surface area (Å²) in [6.45, 7) is 1.40. The van der Waals surface area contributed by atoms with Crippen molar-refractivity contribution in [1.29, 1.82) is 0 Å². The van der Waals surface area contributed by atoms with Gasteiger partial charge in [0.05, 0.1) is 0 Å². The zero-order chi connectivity index (χ0) is 13.3. The maximum Gasteiger partial charge on any atom is 0.329 e. The van der Waals surface area contributed by atoms with E-state index in [-0.39, 0.29) is 11.5 Å². The van der Waals surface area contributed by atoms with Gasteiger partial charge in [0.25, 0.3) is 5.91 Å². The number of H-pyrrole nitrogens is 1. The van der Waals surface area contributed by atoms with E-state index in [4.69, 9.17) is 5.11 Å². The lowest BCUT2D eigenvalue weighted by Crippen LogP contribution is -2.59. The summed E-state index contributed by atoms with van der Waals surface area (Å²) in [5.74, 6) is -1.66. The molecule has 2 rings (SSSR count). The lowest BCUT2D eigenvalue weighted by atomic mass is 9.76. The van der Waals surface area contributed by atoms with Crippen molar-refractivity contribution in [3.63, 3.8) is 0 Å². The molecule has 96 valence electrons. The predicted molar refractivity (Wildman–Crippen MR) is 62.5 cm³/mol. The van der Waals surface area contributed by atoms with Gasteiger partial charge in [-0.05, 0) is 32.3 Å². The van der Waals surface area contributed by atoms with Crippen LogP contribution in [0, 0.1) is 0 Å². The van der Waals surface area contributed by atoms with E-state index in [1.54, 1.807) is 0 Å². The van der Waals surface area contributed by atoms with Gasteiger partial charge in [0.15, 0.2) is 5.78 Å². The number of hydrogen-bond donors (Lipinski definition) is 3. The highest BCUT2D eigenvalue weighted by Gasteiger charge is 2.45. The zero-order valence-corrected chi connectivity index (χ0v) is 9.95. The van der Waals surface area contributed by atoms with Gasteiger partial charge in [-0.25, -0.2) is 4.79 Å². The van der Waals surface area contributed by atoms with E-state index in [9.17, 15) is 14.4 Å². The number of carboxylic acid groups (broad SMARTS) is 1. The van der Waals surface area contributed by atoms with Crippen LogP contribution >= 0.6 is 0 Å². The molecule has 6 nitrogen and oxygen atoms in total. The molecule has 0 atom stereocenters. The molecule has 1 heterocycles. The Hall–Kier alpha value is -2.11. The molecule has 0 saturated heterocycles. The number of Topliss-reactive ketones (excluding diaryl/α,β-unsaturated/α-hetero) is 1. The monoisotopic (exact) mass is 250 g/mol. The van der Waals surface area contributed by atoms with Crippen LogP contribution in [0.15, 0.2) is 12.3 Å². The van der Waals surface area contributed by atoms with Crippen molar-refractivity contribution in [2.75, 3.05) is 0 Å². The Morgan fingerprint density at radius 2 is 2.06 bits per heavy atom. The zero-order valence-electron chi connectivity index (χ0n) is 9.95. The largest absolute Gasteiger partial charge is 0.480 e. The number of nitrogens with one attached hydrogen (secondary N) is 2. The molecule has 6 heteroatoms. The van der Waals surface area contributed by atoms with Crippen molar-refractivity contribution in [2.24, 2.45) is 0 Å². The van der Waals surface area contributed by atoms with E-state index in [2.05, 4.69) is 10.3 Å². The number of carbonyl (C=O) groups is 3. The topological polar surface area (TPSA) is 99.3 Å². The Bertz CT molecular complexity index is 514. The number of carbonyl (C=O) groups excluding carboxylic acids is 2. The molecular weight excluding hydrogens is 236 g/mol. The van der Waals surface area contributed by atoms with Gasteiger partial charge in [0.2, 0.25) is 0 Å². The van der Waals surface area contributed by atoms with Crippen LogP contribution in [0.25, 0.3) is 0 Å². The Balaban J connectivity index is 2.12. The van der Waals surface area contributed by atoms with Crippen LogP contribution in [0.1, 0.15) is 47.0 Å². The molecule has 1 aromatic heterocycles. The Kier molecular flexibility index (Phi) is 2.94. The molecule has 0 aliphatic heterocycles. The van der Waals surface area contributed by atoms with Gasteiger partial charge >= 0.3 is 5.97 Å². The second-order valence-corrected chi connectivity index (χ2v) is 4.55. The number of aromatic nitrogens is 1. The number of rotatable bonds is 4. The molecule has 1 aliphatic carbocycles. The molecule has 0 spiro atoms. The number of aromatic amines is 1. The van der Waals surface area contributed by atoms with Crippen LogP contribution in [-0.2, 0) is 4.79 Å². The molecule has 0 bridgehead atoms. The standard InChI is InChI=1S/C12H14N2O4/c1-7(15)8-5-9(13-6-8)10(16)14-12(11(17)18)3-2-4-12/h5-6,13H,2-4H2,1H3,(H,14,16)(H,17,18). The summed E-state index contributed by atoms with van der Waals surface area (Å²) in [6, 6.07) is 1.42. The lowest BCUT2D eigenvalue weighted by molar-refractivity contribution is -0.148. The van der Waals surface area contributed by atoms with E-state index in [0.717, 1.165) is 6.42 Å². The Morgan fingerprint density at radius 3 is 2.44 bits per heavy atom. The quantitative estimate of drug-likeness (QED) is 0.693. The summed E-state index contributed by atoms with van der Waals surface area (Å²) in [4.78, 5) is 36.7. The van der Waals surface area contributed by atoms with Gasteiger partial charge in [-0.1, -0.05) is 0 Å². The fourth-order valence-electron chi connectivity index (χ4n) is 1.94. The van der Waals surface area contributed by atoms with Crippen molar-refractivity contribution in [3.05, 3.63) is 23.5 Å². The summed E-state index contributed by atoms with van der Waals surface area (Å²) < 4.78 is 0. The second-order valence-electron chi connectivity index (χ2n) is 4.55. The lowest BCUT2D eigenvalue weighted by Gasteiger charge is -2.38. The molecule has 0 radical (unpaired) electrons. The van der Waals surface area contributed by atoms with Gasteiger partial charge in [0, 0.05) is 11.8 Å². The maximum absolute atomic E-state index is 11.9. The average Bonchev–Trinajstić information content (AvgIpc) is 2.71. The average molecular weight is 250 g/mol. The van der Waals surface area contributed by atoms with Crippen molar-refractivity contribution in [2.45, 2.75) is 31.7 Å². The van der Waals surface area contributed by atoms with Crippen LogP contribution < -0.4 is 5.32 Å². The van der Waals surface area contributed by atoms with Crippen molar-refractivity contribution >= 4 is 17.7 Å². The number of ketones is 1. The van der Waals surface area contributed by atoms with E-state index in [1.165, 1.54) is 19.2 Å². The Morgan fingerprint density at radius 1 is 1.39 bits per heavy atom. The Labute approximate surface area is 103 Å². The van der Waals surface area contributed by atoms with Crippen LogP contribution in [0.5, 0.6) is 0 Å². The van der Waals surface area contributed by atoms with Gasteiger partial charge in [-0.3, -0.25) is 9.59 Å². The van der Waals surface area contributed by atoms with Crippen LogP contribution in [-0.4, -0.2) is 33.3 Å². The summed E-state index contributed by atoms with van der Waals surface area (Å²) in [5, 5.41) is 11.6. The highest BCUT2D eigenvalue weighted by molar-refractivity contribution is 6.00. The molecule has 18 heavy (non-hydrogen) atoms. The van der Waals surface area contributed by atoms with Crippen LogP contribution in [0.4, 0.5) is 0 Å². The minimum Gasteiger partial charge on any atom is -0.480 e. The smallest absolute Gasteiger partial charge is 0.329 e. The first-order valence-corrected chi connectivity index (χ1v) is 5.70. The third-order valence-electron chi connectivity index (χ3n) is 3.30. The summed E-state index contributed by atoms with van der Waals surface area (Å²) in [6.07, 6.45) is 3.10. The first kappa shape index (κ1) is 12.3. The number of carboxylic acids is 1. The molecule has 1 aromatic rings. The van der Waals surface area contributed by atoms with E-state index >= 15 is 0 Å². The molecule has 1 aliphatic rings. The fourth-order valence-corrected chi connectivity index (χ4v) is 1.94. The minimum atomic E-state index is -1.14. The summed E-state index contributed by atoms with van der Waals surface area (Å²) in [5.41, 5.74) is -0.538. The normalized spacial score (nSPS) is 16.7. The third kappa shape index (κ3) is 2.01. The van der Waals surface area contributed by atoms with Crippen molar-refractivity contribution in [1.82, 2.24) is 10.3 Å². The van der Waals surface area contributed by atoms with Gasteiger partial charge in [-0.15, -0.1) is 0 Å². The molecule has 1 fully saturated rings. The minimum absolute atomic E-state index is 0.151. The highest BCUT2D eigenvalue weighted by atomic mass is 16.4. The summed E-state index contributed by atoms with van der Waals surface area (Å²) >= 11 is 0. The molecule has 1 amide bonds. The first-order valence-electron chi connectivity index (χ1n) is 5.70. The van der Waals surface area contributed by atoms with Crippen molar-refractivity contribution in [3.8, 4) is 0 Å². The van der Waals surface area contributed by atoms with Gasteiger partial charge in [0.1, 0.15) is 11.2 Å². The SMILES string of the molecule is CC(=O)c1c[nH]c(C(=O)NC2(C(=O)O)CCC2)c1. The van der Waals surface area contributed by atoms with Crippen LogP contribution in [0.3, 0.4) is 0 Å². The van der Waals surface area contributed by atoms with E-state index in [1.807, 2.05) is 0 Å². The molecular formula is C12H14N2O4. The van der Waals surface area contributed by atoms with E-state index in [0.29, 0.717) is 18.4 Å². The predicted octanol–water partition coefficient (Wildman–Crippen LogP) is 0.954. The fraction of sp³-hybridized carbons (Fsp3) is 0.417. The first-order chi connectivity index (χ1) is 8.44. The number of aliphatic carboxylic acids is 1. The van der Waals surface area contributed by atoms with E-state index < -0.39 is 17.4 Å². The maximum atomic E-state index is 11.9. The summed E-state index contributed by atoms with van der Waals surface area (Å²) in [7, 11) is 0. The molecule has 1 saturated carbocycles. The number of amides is 1. The van der Waals surface area contributed by atoms with Crippen LogP contribution in [0.2, 0.25) is 0 Å². The number of hydrogen-bond acceptors (Lipinski definition) is 3. The second kappa shape index (κ2) is 4.29. The molecule has 3 N–H and O–H groups in total. The van der Waals surface area contributed by atoms with Gasteiger partial charge in [-0.2, -0.15) is 0 Å². The molecule has 0 aromatic carbocycles.